The Morgan fingerprint density at radius 1 is 1.14 bits per heavy atom. The fourth-order valence-corrected chi connectivity index (χ4v) is 5.79. The van der Waals surface area contributed by atoms with Crippen LogP contribution in [0.5, 0.6) is 0 Å². The van der Waals surface area contributed by atoms with E-state index in [0.29, 0.717) is 28.8 Å². The van der Waals surface area contributed by atoms with Crippen molar-refractivity contribution in [2.75, 3.05) is 18.5 Å². The number of ether oxygens (including phenoxy) is 2. The number of fused-ring (bicyclic) bond motifs is 2. The van der Waals surface area contributed by atoms with Crippen molar-refractivity contribution in [3.63, 3.8) is 0 Å². The Labute approximate surface area is 170 Å². The summed E-state index contributed by atoms with van der Waals surface area (Å²) in [6.45, 7) is 5.53. The molecule has 0 spiro atoms. The van der Waals surface area contributed by atoms with E-state index in [4.69, 9.17) is 9.47 Å². The van der Waals surface area contributed by atoms with Crippen molar-refractivity contribution in [1.29, 1.82) is 0 Å². The summed E-state index contributed by atoms with van der Waals surface area (Å²) in [6.07, 6.45) is 6.03. The van der Waals surface area contributed by atoms with Gasteiger partial charge in [-0.05, 0) is 62.8 Å². The standard InChI is InChI=1S/C21H29NO5S/c1-4-16-12(3)19(21(25)26-5-2)20(28-16)22-17(23)11-27-18(24)10-15-9-13-6-7-14(15)8-13/h13-15H,4-11H2,1-3H3,(H,22,23)/t13-,14-,15+/m1/s1. The Morgan fingerprint density at radius 3 is 2.54 bits per heavy atom. The Morgan fingerprint density at radius 2 is 1.93 bits per heavy atom. The first-order valence-corrected chi connectivity index (χ1v) is 11.0. The van der Waals surface area contributed by atoms with E-state index >= 15 is 0 Å². The summed E-state index contributed by atoms with van der Waals surface area (Å²) >= 11 is 1.36. The highest BCUT2D eigenvalue weighted by Gasteiger charge is 2.40. The molecule has 28 heavy (non-hydrogen) atoms. The average molecular weight is 408 g/mol. The number of nitrogens with one attached hydrogen (secondary N) is 1. The molecule has 2 bridgehead atoms. The molecule has 0 aromatic carbocycles. The molecular weight excluding hydrogens is 378 g/mol. The van der Waals surface area contributed by atoms with Gasteiger partial charge in [-0.2, -0.15) is 0 Å². The minimum Gasteiger partial charge on any atom is -0.462 e. The summed E-state index contributed by atoms with van der Waals surface area (Å²) in [5.41, 5.74) is 1.22. The zero-order valence-corrected chi connectivity index (χ0v) is 17.7. The molecule has 1 N–H and O–H groups in total. The maximum absolute atomic E-state index is 12.3. The third kappa shape index (κ3) is 4.57. The zero-order valence-electron chi connectivity index (χ0n) is 16.8. The van der Waals surface area contributed by atoms with Gasteiger partial charge >= 0.3 is 11.9 Å². The van der Waals surface area contributed by atoms with Crippen molar-refractivity contribution in [2.24, 2.45) is 17.8 Å². The second-order valence-corrected chi connectivity index (χ2v) is 8.88. The molecule has 0 unspecified atom stereocenters. The first-order chi connectivity index (χ1) is 13.4. The van der Waals surface area contributed by atoms with Gasteiger partial charge in [0.05, 0.1) is 12.2 Å². The number of amides is 1. The van der Waals surface area contributed by atoms with Crippen molar-refractivity contribution < 1.29 is 23.9 Å². The van der Waals surface area contributed by atoms with Crippen LogP contribution in [-0.2, 0) is 25.5 Å². The molecule has 3 atom stereocenters. The molecule has 1 amide bonds. The molecule has 2 saturated carbocycles. The van der Waals surface area contributed by atoms with Crippen LogP contribution in [0.25, 0.3) is 0 Å². The van der Waals surface area contributed by atoms with E-state index < -0.39 is 11.9 Å². The van der Waals surface area contributed by atoms with Crippen molar-refractivity contribution in [3.05, 3.63) is 16.0 Å². The fraction of sp³-hybridized carbons (Fsp3) is 0.667. The van der Waals surface area contributed by atoms with Gasteiger partial charge in [0.25, 0.3) is 5.91 Å². The Kier molecular flexibility index (Phi) is 6.75. The van der Waals surface area contributed by atoms with Crippen molar-refractivity contribution in [1.82, 2.24) is 0 Å². The van der Waals surface area contributed by atoms with E-state index in [1.165, 1.54) is 30.6 Å². The van der Waals surface area contributed by atoms with Crippen molar-refractivity contribution in [3.8, 4) is 0 Å². The van der Waals surface area contributed by atoms with Crippen LogP contribution in [0.3, 0.4) is 0 Å². The third-order valence-corrected chi connectivity index (χ3v) is 7.33. The van der Waals surface area contributed by atoms with Crippen LogP contribution in [0.1, 0.15) is 66.8 Å². The number of carbonyl (C=O) groups excluding carboxylic acids is 3. The van der Waals surface area contributed by atoms with Crippen LogP contribution in [0.15, 0.2) is 0 Å². The first kappa shape index (κ1) is 20.8. The molecule has 1 aromatic rings. The van der Waals surface area contributed by atoms with Gasteiger partial charge in [-0.15, -0.1) is 11.3 Å². The Balaban J connectivity index is 1.54. The molecule has 1 aromatic heterocycles. The third-order valence-electron chi connectivity index (χ3n) is 5.98. The maximum atomic E-state index is 12.3. The van der Waals surface area contributed by atoms with Gasteiger partial charge in [0.15, 0.2) is 6.61 Å². The van der Waals surface area contributed by atoms with Crippen LogP contribution in [0, 0.1) is 24.7 Å². The van der Waals surface area contributed by atoms with Crippen molar-refractivity contribution in [2.45, 2.75) is 59.3 Å². The zero-order chi connectivity index (χ0) is 20.3. The molecular formula is C21H29NO5S. The molecule has 154 valence electrons. The molecule has 0 saturated heterocycles. The monoisotopic (exact) mass is 407 g/mol. The van der Waals surface area contributed by atoms with Gasteiger partial charge in [0.2, 0.25) is 0 Å². The van der Waals surface area contributed by atoms with E-state index in [1.807, 2.05) is 13.8 Å². The summed E-state index contributed by atoms with van der Waals surface area (Å²) in [5, 5.41) is 3.18. The molecule has 2 fully saturated rings. The van der Waals surface area contributed by atoms with Gasteiger partial charge in [0, 0.05) is 11.3 Å². The Bertz CT molecular complexity index is 756. The van der Waals surface area contributed by atoms with E-state index in [9.17, 15) is 14.4 Å². The summed E-state index contributed by atoms with van der Waals surface area (Å²) < 4.78 is 10.3. The number of hydrogen-bond donors (Lipinski definition) is 1. The molecule has 1 heterocycles. The maximum Gasteiger partial charge on any atom is 0.341 e. The molecule has 7 heteroatoms. The molecule has 3 rings (SSSR count). The lowest BCUT2D eigenvalue weighted by molar-refractivity contribution is -0.148. The van der Waals surface area contributed by atoms with Gasteiger partial charge in [-0.3, -0.25) is 9.59 Å². The lowest BCUT2D eigenvalue weighted by Gasteiger charge is -2.20. The van der Waals surface area contributed by atoms with Gasteiger partial charge in [-0.25, -0.2) is 4.79 Å². The van der Waals surface area contributed by atoms with E-state index in [1.54, 1.807) is 6.92 Å². The van der Waals surface area contributed by atoms with Crippen LogP contribution in [-0.4, -0.2) is 31.1 Å². The highest BCUT2D eigenvalue weighted by atomic mass is 32.1. The number of carbonyl (C=O) groups is 3. The lowest BCUT2D eigenvalue weighted by atomic mass is 9.86. The topological polar surface area (TPSA) is 81.7 Å². The molecule has 2 aliphatic rings. The molecule has 6 nitrogen and oxygen atoms in total. The summed E-state index contributed by atoms with van der Waals surface area (Å²) in [7, 11) is 0. The predicted molar refractivity (Wildman–Crippen MR) is 108 cm³/mol. The number of rotatable bonds is 8. The molecule has 0 radical (unpaired) electrons. The van der Waals surface area contributed by atoms with Gasteiger partial charge < -0.3 is 14.8 Å². The largest absolute Gasteiger partial charge is 0.462 e. The van der Waals surface area contributed by atoms with Crippen LogP contribution in [0.2, 0.25) is 0 Å². The first-order valence-electron chi connectivity index (χ1n) is 10.2. The average Bonchev–Trinajstić information content (AvgIpc) is 3.34. The van der Waals surface area contributed by atoms with Crippen molar-refractivity contribution >= 4 is 34.2 Å². The summed E-state index contributed by atoms with van der Waals surface area (Å²) in [5.74, 6) is 0.657. The van der Waals surface area contributed by atoms with E-state index in [2.05, 4.69) is 5.32 Å². The SMILES string of the molecule is CCOC(=O)c1c(NC(=O)COC(=O)C[C@@H]2C[C@@H]3CC[C@@H]2C3)sc(CC)c1C. The Hall–Kier alpha value is -1.89. The number of esters is 2. The number of thiophene rings is 1. The minimum atomic E-state index is -0.445. The second-order valence-electron chi connectivity index (χ2n) is 7.78. The van der Waals surface area contributed by atoms with E-state index in [-0.39, 0.29) is 19.2 Å². The quantitative estimate of drug-likeness (QED) is 0.656. The van der Waals surface area contributed by atoms with Crippen LogP contribution in [0.4, 0.5) is 5.00 Å². The van der Waals surface area contributed by atoms with E-state index in [0.717, 1.165) is 29.2 Å². The predicted octanol–water partition coefficient (Wildman–Crippen LogP) is 4.10. The smallest absolute Gasteiger partial charge is 0.341 e. The highest BCUT2D eigenvalue weighted by Crippen LogP contribution is 2.49. The second kappa shape index (κ2) is 9.07. The highest BCUT2D eigenvalue weighted by molar-refractivity contribution is 7.17. The number of aryl methyl sites for hydroxylation is 1. The number of hydrogen-bond acceptors (Lipinski definition) is 6. The fourth-order valence-electron chi connectivity index (χ4n) is 4.64. The summed E-state index contributed by atoms with van der Waals surface area (Å²) in [6, 6.07) is 0. The lowest BCUT2D eigenvalue weighted by Crippen LogP contribution is -2.23. The minimum absolute atomic E-state index is 0.267. The molecule has 0 aliphatic heterocycles. The van der Waals surface area contributed by atoms with Crippen LogP contribution < -0.4 is 5.32 Å². The summed E-state index contributed by atoms with van der Waals surface area (Å²) in [4.78, 5) is 37.7. The normalized spacial score (nSPS) is 22.9. The van der Waals surface area contributed by atoms with Gasteiger partial charge in [-0.1, -0.05) is 13.3 Å². The molecule has 2 aliphatic carbocycles. The van der Waals surface area contributed by atoms with Gasteiger partial charge in [0.1, 0.15) is 5.00 Å². The van der Waals surface area contributed by atoms with Crippen LogP contribution >= 0.6 is 11.3 Å². The number of anilines is 1.